The van der Waals surface area contributed by atoms with Crippen molar-refractivity contribution in [3.05, 3.63) is 0 Å². The summed E-state index contributed by atoms with van der Waals surface area (Å²) in [6.07, 6.45) is 2.47. The molecule has 0 radical (unpaired) electrons. The van der Waals surface area contributed by atoms with Crippen molar-refractivity contribution >= 4 is 34.7 Å². The summed E-state index contributed by atoms with van der Waals surface area (Å²) in [6.45, 7) is 10.5. The monoisotopic (exact) mass is 273 g/mol. The van der Waals surface area contributed by atoms with E-state index in [1.54, 1.807) is 0 Å². The first-order valence-corrected chi connectivity index (χ1v) is 7.13. The Morgan fingerprint density at radius 3 is 2.06 bits per heavy atom. The molecule has 0 unspecified atom stereocenters. The van der Waals surface area contributed by atoms with Crippen LogP contribution in [0.5, 0.6) is 0 Å². The van der Waals surface area contributed by atoms with Crippen LogP contribution in [0.3, 0.4) is 0 Å². The van der Waals surface area contributed by atoms with Gasteiger partial charge in [0.05, 0.1) is 0 Å². The van der Waals surface area contributed by atoms with E-state index in [-0.39, 0.29) is 0 Å². The maximum atomic E-state index is 5.56. The van der Waals surface area contributed by atoms with Gasteiger partial charge in [-0.15, -0.1) is 0 Å². The highest BCUT2D eigenvalue weighted by molar-refractivity contribution is 7.81. The molecule has 0 amide bonds. The number of hydrogen-bond acceptors (Lipinski definition) is 2. The largest absolute Gasteiger partial charge is 0.360 e. The fourth-order valence-electron chi connectivity index (χ4n) is 1.92. The van der Waals surface area contributed by atoms with E-state index in [1.165, 1.54) is 12.8 Å². The molecular weight excluding hydrogens is 250 g/mol. The zero-order valence-electron chi connectivity index (χ0n) is 11.2. The SMILES string of the molecule is CC(C)NC(=S)N(C(=S)N1CCCC1)C(C)C. The molecule has 3 nitrogen and oxygen atoms in total. The molecule has 0 spiro atoms. The minimum Gasteiger partial charge on any atom is -0.360 e. The maximum absolute atomic E-state index is 5.56. The highest BCUT2D eigenvalue weighted by atomic mass is 32.1. The van der Waals surface area contributed by atoms with Crippen molar-refractivity contribution in [1.82, 2.24) is 15.1 Å². The van der Waals surface area contributed by atoms with E-state index in [1.807, 2.05) is 0 Å². The Morgan fingerprint density at radius 1 is 1.12 bits per heavy atom. The minimum absolute atomic E-state index is 0.293. The van der Waals surface area contributed by atoms with E-state index < -0.39 is 0 Å². The topological polar surface area (TPSA) is 18.5 Å². The summed E-state index contributed by atoms with van der Waals surface area (Å²) in [6, 6.07) is 0.631. The molecule has 0 saturated carbocycles. The minimum atomic E-state index is 0.293. The second-order valence-electron chi connectivity index (χ2n) is 5.04. The smallest absolute Gasteiger partial charge is 0.178 e. The van der Waals surface area contributed by atoms with Crippen LogP contribution in [0, 0.1) is 0 Å². The number of thiocarbonyl (C=S) groups is 2. The summed E-state index contributed by atoms with van der Waals surface area (Å²) in [7, 11) is 0. The van der Waals surface area contributed by atoms with Crippen molar-refractivity contribution < 1.29 is 0 Å². The zero-order valence-corrected chi connectivity index (χ0v) is 12.8. The van der Waals surface area contributed by atoms with Crippen LogP contribution in [-0.4, -0.2) is 45.2 Å². The van der Waals surface area contributed by atoms with E-state index in [0.29, 0.717) is 12.1 Å². The molecule has 1 fully saturated rings. The average molecular weight is 273 g/mol. The van der Waals surface area contributed by atoms with Gasteiger partial charge in [-0.3, -0.25) is 4.90 Å². The van der Waals surface area contributed by atoms with E-state index in [9.17, 15) is 0 Å². The molecule has 98 valence electrons. The molecule has 1 heterocycles. The Balaban J connectivity index is 2.70. The van der Waals surface area contributed by atoms with Gasteiger partial charge >= 0.3 is 0 Å². The molecular formula is C12H23N3S2. The van der Waals surface area contributed by atoms with Crippen molar-refractivity contribution in [3.63, 3.8) is 0 Å². The highest BCUT2D eigenvalue weighted by Gasteiger charge is 2.25. The van der Waals surface area contributed by atoms with Gasteiger partial charge in [-0.2, -0.15) is 0 Å². The van der Waals surface area contributed by atoms with E-state index in [2.05, 4.69) is 42.8 Å². The molecule has 0 aromatic carbocycles. The fourth-order valence-corrected chi connectivity index (χ4v) is 2.99. The van der Waals surface area contributed by atoms with Crippen LogP contribution in [0.1, 0.15) is 40.5 Å². The molecule has 17 heavy (non-hydrogen) atoms. The van der Waals surface area contributed by atoms with Gasteiger partial charge in [-0.25, -0.2) is 0 Å². The van der Waals surface area contributed by atoms with Gasteiger partial charge < -0.3 is 10.2 Å². The van der Waals surface area contributed by atoms with Crippen LogP contribution in [0.25, 0.3) is 0 Å². The van der Waals surface area contributed by atoms with Gasteiger partial charge in [0.1, 0.15) is 0 Å². The Bertz CT molecular complexity index is 283. The summed E-state index contributed by atoms with van der Waals surface area (Å²) in [5, 5.41) is 4.89. The predicted molar refractivity (Wildman–Crippen MR) is 81.2 cm³/mol. The third-order valence-electron chi connectivity index (χ3n) is 2.73. The second-order valence-corrected chi connectivity index (χ2v) is 5.80. The lowest BCUT2D eigenvalue weighted by Gasteiger charge is -2.35. The van der Waals surface area contributed by atoms with Gasteiger partial charge in [-0.1, -0.05) is 0 Å². The third-order valence-corrected chi connectivity index (χ3v) is 3.50. The normalized spacial score (nSPS) is 15.5. The molecule has 1 rings (SSSR count). The van der Waals surface area contributed by atoms with Crippen LogP contribution < -0.4 is 5.32 Å². The summed E-state index contributed by atoms with van der Waals surface area (Å²) in [5.74, 6) is 0. The Hall–Kier alpha value is -0.420. The molecule has 0 aromatic heterocycles. The lowest BCUT2D eigenvalue weighted by molar-refractivity contribution is 0.403. The Morgan fingerprint density at radius 2 is 1.65 bits per heavy atom. The van der Waals surface area contributed by atoms with Crippen LogP contribution in [-0.2, 0) is 0 Å². The highest BCUT2D eigenvalue weighted by Crippen LogP contribution is 2.13. The van der Waals surface area contributed by atoms with E-state index in [4.69, 9.17) is 24.4 Å². The third kappa shape index (κ3) is 4.07. The van der Waals surface area contributed by atoms with Crippen molar-refractivity contribution in [2.24, 2.45) is 0 Å². The Labute approximate surface area is 116 Å². The average Bonchev–Trinajstić information content (AvgIpc) is 2.67. The Kier molecular flexibility index (Phi) is 5.59. The fraction of sp³-hybridized carbons (Fsp3) is 0.833. The predicted octanol–water partition coefficient (Wildman–Crippen LogP) is 2.36. The van der Waals surface area contributed by atoms with Crippen LogP contribution >= 0.6 is 24.4 Å². The quantitative estimate of drug-likeness (QED) is 0.776. The van der Waals surface area contributed by atoms with E-state index in [0.717, 1.165) is 23.3 Å². The van der Waals surface area contributed by atoms with Gasteiger partial charge in [0.25, 0.3) is 0 Å². The molecule has 1 aliphatic heterocycles. The molecule has 1 N–H and O–H groups in total. The van der Waals surface area contributed by atoms with Crippen LogP contribution in [0.15, 0.2) is 0 Å². The van der Waals surface area contributed by atoms with Gasteiger partial charge in [-0.05, 0) is 65.0 Å². The molecule has 1 aliphatic rings. The van der Waals surface area contributed by atoms with Crippen molar-refractivity contribution in [2.75, 3.05) is 13.1 Å². The van der Waals surface area contributed by atoms with E-state index >= 15 is 0 Å². The van der Waals surface area contributed by atoms with Gasteiger partial charge in [0, 0.05) is 25.2 Å². The maximum Gasteiger partial charge on any atom is 0.178 e. The number of hydrogen-bond donors (Lipinski definition) is 1. The number of nitrogens with zero attached hydrogens (tertiary/aromatic N) is 2. The number of nitrogens with one attached hydrogen (secondary N) is 1. The first-order chi connectivity index (χ1) is 7.93. The molecule has 0 atom stereocenters. The lowest BCUT2D eigenvalue weighted by Crippen LogP contribution is -2.53. The molecule has 1 saturated heterocycles. The molecule has 0 bridgehead atoms. The van der Waals surface area contributed by atoms with Crippen molar-refractivity contribution in [1.29, 1.82) is 0 Å². The van der Waals surface area contributed by atoms with Gasteiger partial charge in [0.2, 0.25) is 0 Å². The summed E-state index contributed by atoms with van der Waals surface area (Å²) < 4.78 is 0. The first kappa shape index (κ1) is 14.6. The zero-order chi connectivity index (χ0) is 13.0. The molecule has 0 aliphatic carbocycles. The van der Waals surface area contributed by atoms with Crippen molar-refractivity contribution in [2.45, 2.75) is 52.6 Å². The molecule has 0 aromatic rings. The lowest BCUT2D eigenvalue weighted by atomic mass is 10.3. The van der Waals surface area contributed by atoms with Crippen LogP contribution in [0.2, 0.25) is 0 Å². The number of likely N-dealkylation sites (tertiary alicyclic amines) is 1. The number of rotatable bonds is 2. The van der Waals surface area contributed by atoms with Gasteiger partial charge in [0.15, 0.2) is 10.2 Å². The molecule has 5 heteroatoms. The summed E-state index contributed by atoms with van der Waals surface area (Å²) >= 11 is 11.0. The second kappa shape index (κ2) is 6.50. The van der Waals surface area contributed by atoms with Crippen LogP contribution in [0.4, 0.5) is 0 Å². The van der Waals surface area contributed by atoms with Crippen molar-refractivity contribution in [3.8, 4) is 0 Å². The first-order valence-electron chi connectivity index (χ1n) is 6.32. The summed E-state index contributed by atoms with van der Waals surface area (Å²) in [4.78, 5) is 4.31. The standard InChI is InChI=1S/C12H23N3S2/c1-9(2)13-11(16)15(10(3)4)12(17)14-7-5-6-8-14/h9-10H,5-8H2,1-4H3,(H,13,16). The summed E-state index contributed by atoms with van der Waals surface area (Å²) in [5.41, 5.74) is 0.